The van der Waals surface area contributed by atoms with Crippen LogP contribution in [-0.2, 0) is 9.59 Å². The number of guanidine groups is 1. The lowest BCUT2D eigenvalue weighted by Crippen LogP contribution is -2.31. The summed E-state index contributed by atoms with van der Waals surface area (Å²) in [6, 6.07) is -1.61. The van der Waals surface area contributed by atoms with E-state index in [0.717, 1.165) is 12.8 Å². The molecule has 0 heterocycles. The van der Waals surface area contributed by atoms with Crippen molar-refractivity contribution in [3.05, 3.63) is 0 Å². The molecule has 0 aromatic carbocycles. The monoisotopic (exact) mass is 306 g/mol. The number of hydrogen-bond acceptors (Lipinski definition) is 6. The largest absolute Gasteiger partial charge is 0.480 e. The summed E-state index contributed by atoms with van der Waals surface area (Å²) in [7, 11) is 0. The average Bonchev–Trinajstić information content (AvgIpc) is 2.38. The van der Waals surface area contributed by atoms with Crippen LogP contribution in [0.4, 0.5) is 0 Å². The standard InChI is InChI=1S/C6H14N2O2.C5H12N4O2/c7-4-2-1-3-5(8)6(9)10;6-3(4(10)11)1-2-9-5(7)8/h5H,1-4,7-8H2,(H,9,10);3H,1-2,6H2,(H,10,11)(H4,7,8,9)/t5-;/m0./s1. The first kappa shape index (κ1) is 21.4. The van der Waals surface area contributed by atoms with Gasteiger partial charge in [0.1, 0.15) is 12.1 Å². The third kappa shape index (κ3) is 16.0. The number of carboxylic acids is 2. The zero-order valence-corrected chi connectivity index (χ0v) is 11.9. The van der Waals surface area contributed by atoms with Crippen LogP contribution in [0.2, 0.25) is 0 Å². The van der Waals surface area contributed by atoms with Gasteiger partial charge in [-0.1, -0.05) is 6.42 Å². The molecule has 0 rings (SSSR count). The van der Waals surface area contributed by atoms with E-state index >= 15 is 0 Å². The predicted octanol–water partition coefficient (Wildman–Crippen LogP) is -2.41. The Morgan fingerprint density at radius 2 is 1.43 bits per heavy atom. The molecule has 2 atom stereocenters. The Morgan fingerprint density at radius 1 is 0.952 bits per heavy atom. The molecule has 0 amide bonds. The second kappa shape index (κ2) is 13.1. The highest BCUT2D eigenvalue weighted by Gasteiger charge is 2.09. The molecule has 0 spiro atoms. The zero-order chi connectivity index (χ0) is 16.8. The molecule has 10 nitrogen and oxygen atoms in total. The Kier molecular flexibility index (Phi) is 13.3. The summed E-state index contributed by atoms with van der Waals surface area (Å²) in [5, 5.41) is 16.6. The van der Waals surface area contributed by atoms with E-state index in [9.17, 15) is 9.59 Å². The van der Waals surface area contributed by atoms with Gasteiger partial charge < -0.3 is 38.9 Å². The van der Waals surface area contributed by atoms with E-state index in [1.807, 2.05) is 0 Å². The summed E-state index contributed by atoms with van der Waals surface area (Å²) in [4.78, 5) is 23.9. The number of nitrogens with two attached hydrogens (primary N) is 5. The SMILES string of the molecule is NC(N)=NCCC(N)C(=O)O.NCCCC[C@H](N)C(=O)O. The number of aliphatic carboxylic acids is 2. The smallest absolute Gasteiger partial charge is 0.320 e. The van der Waals surface area contributed by atoms with Crippen molar-refractivity contribution in [2.45, 2.75) is 37.8 Å². The van der Waals surface area contributed by atoms with Gasteiger partial charge in [0, 0.05) is 6.54 Å². The Balaban J connectivity index is 0. The molecule has 0 saturated carbocycles. The Labute approximate surface area is 123 Å². The molecule has 124 valence electrons. The van der Waals surface area contributed by atoms with Crippen LogP contribution in [0.5, 0.6) is 0 Å². The van der Waals surface area contributed by atoms with Crippen LogP contribution in [0.25, 0.3) is 0 Å². The van der Waals surface area contributed by atoms with Crippen molar-refractivity contribution in [3.63, 3.8) is 0 Å². The minimum absolute atomic E-state index is 0.0532. The molecule has 10 heteroatoms. The molecule has 21 heavy (non-hydrogen) atoms. The highest BCUT2D eigenvalue weighted by molar-refractivity contribution is 5.76. The lowest BCUT2D eigenvalue weighted by atomic mass is 10.1. The second-order valence-electron chi connectivity index (χ2n) is 4.27. The maximum Gasteiger partial charge on any atom is 0.320 e. The summed E-state index contributed by atoms with van der Waals surface area (Å²) in [5.74, 6) is -2.03. The lowest BCUT2D eigenvalue weighted by Gasteiger charge is -2.03. The van der Waals surface area contributed by atoms with Crippen LogP contribution < -0.4 is 28.7 Å². The van der Waals surface area contributed by atoms with Gasteiger partial charge >= 0.3 is 11.9 Å². The number of nitrogens with zero attached hydrogens (tertiary/aromatic N) is 1. The maximum absolute atomic E-state index is 10.1. The molecule has 0 aromatic heterocycles. The van der Waals surface area contributed by atoms with Gasteiger partial charge in [0.2, 0.25) is 0 Å². The molecule has 12 N–H and O–H groups in total. The summed E-state index contributed by atoms with van der Waals surface area (Å²) in [5.41, 5.74) is 25.6. The molecule has 0 saturated heterocycles. The van der Waals surface area contributed by atoms with E-state index in [-0.39, 0.29) is 18.9 Å². The first-order chi connectivity index (χ1) is 9.72. The minimum atomic E-state index is -1.05. The van der Waals surface area contributed by atoms with Crippen molar-refractivity contribution in [3.8, 4) is 0 Å². The highest BCUT2D eigenvalue weighted by Crippen LogP contribution is 1.96. The van der Waals surface area contributed by atoms with E-state index in [0.29, 0.717) is 13.0 Å². The Bertz CT molecular complexity index is 333. The number of unbranched alkanes of at least 4 members (excludes halogenated alkanes) is 1. The predicted molar refractivity (Wildman–Crippen MR) is 79.4 cm³/mol. The zero-order valence-electron chi connectivity index (χ0n) is 11.9. The lowest BCUT2D eigenvalue weighted by molar-refractivity contribution is -0.139. The molecule has 0 aliphatic carbocycles. The number of carboxylic acid groups (broad SMARTS) is 2. The van der Waals surface area contributed by atoms with Gasteiger partial charge in [0.05, 0.1) is 0 Å². The van der Waals surface area contributed by atoms with E-state index < -0.39 is 24.0 Å². The summed E-state index contributed by atoms with van der Waals surface area (Å²) in [6.45, 7) is 0.849. The first-order valence-corrected chi connectivity index (χ1v) is 6.44. The molecular formula is C11H26N6O4. The van der Waals surface area contributed by atoms with Gasteiger partial charge in [-0.2, -0.15) is 0 Å². The van der Waals surface area contributed by atoms with Gasteiger partial charge in [-0.05, 0) is 25.8 Å². The van der Waals surface area contributed by atoms with Crippen molar-refractivity contribution < 1.29 is 19.8 Å². The molecule has 0 aliphatic heterocycles. The fourth-order valence-corrected chi connectivity index (χ4v) is 1.09. The number of aliphatic imine (C=N–C) groups is 1. The van der Waals surface area contributed by atoms with E-state index in [4.69, 9.17) is 38.9 Å². The van der Waals surface area contributed by atoms with Gasteiger partial charge in [-0.3, -0.25) is 14.6 Å². The quantitative estimate of drug-likeness (QED) is 0.137. The molecular weight excluding hydrogens is 280 g/mol. The maximum atomic E-state index is 10.1. The molecule has 0 aliphatic rings. The topological polar surface area (TPSA) is 217 Å². The summed E-state index contributed by atoms with van der Waals surface area (Å²) < 4.78 is 0. The number of carbonyl (C=O) groups is 2. The fourth-order valence-electron chi connectivity index (χ4n) is 1.09. The molecule has 0 aromatic rings. The second-order valence-corrected chi connectivity index (χ2v) is 4.27. The summed E-state index contributed by atoms with van der Waals surface area (Å²) >= 11 is 0. The highest BCUT2D eigenvalue weighted by atomic mass is 16.4. The number of rotatable bonds is 9. The van der Waals surface area contributed by atoms with E-state index in [1.165, 1.54) is 0 Å². The fraction of sp³-hybridized carbons (Fsp3) is 0.727. The third-order valence-electron chi connectivity index (χ3n) is 2.34. The van der Waals surface area contributed by atoms with Gasteiger partial charge in [0.25, 0.3) is 0 Å². The van der Waals surface area contributed by atoms with Crippen LogP contribution in [0.15, 0.2) is 4.99 Å². The van der Waals surface area contributed by atoms with Gasteiger partial charge in [-0.15, -0.1) is 0 Å². The van der Waals surface area contributed by atoms with Crippen molar-refractivity contribution in [1.82, 2.24) is 0 Å². The third-order valence-corrected chi connectivity index (χ3v) is 2.34. The minimum Gasteiger partial charge on any atom is -0.480 e. The Morgan fingerprint density at radius 3 is 1.81 bits per heavy atom. The van der Waals surface area contributed by atoms with Crippen LogP contribution in [0.3, 0.4) is 0 Å². The molecule has 0 radical (unpaired) electrons. The van der Waals surface area contributed by atoms with Crippen LogP contribution in [-0.4, -0.2) is 53.3 Å². The van der Waals surface area contributed by atoms with E-state index in [1.54, 1.807) is 0 Å². The van der Waals surface area contributed by atoms with Gasteiger partial charge in [-0.25, -0.2) is 0 Å². The van der Waals surface area contributed by atoms with Crippen molar-refractivity contribution in [2.24, 2.45) is 33.7 Å². The Hall–Kier alpha value is -1.91. The van der Waals surface area contributed by atoms with Gasteiger partial charge in [0.15, 0.2) is 5.96 Å². The van der Waals surface area contributed by atoms with Crippen molar-refractivity contribution in [2.75, 3.05) is 13.1 Å². The van der Waals surface area contributed by atoms with Crippen LogP contribution in [0.1, 0.15) is 25.7 Å². The molecule has 1 unspecified atom stereocenters. The molecule has 0 bridgehead atoms. The average molecular weight is 306 g/mol. The van der Waals surface area contributed by atoms with Crippen LogP contribution >= 0.6 is 0 Å². The van der Waals surface area contributed by atoms with Crippen molar-refractivity contribution >= 4 is 17.9 Å². The summed E-state index contributed by atoms with van der Waals surface area (Å²) in [6.07, 6.45) is 2.41. The number of hydrogen-bond donors (Lipinski definition) is 7. The first-order valence-electron chi connectivity index (χ1n) is 6.44. The van der Waals surface area contributed by atoms with E-state index in [2.05, 4.69) is 4.99 Å². The molecule has 0 fully saturated rings. The van der Waals surface area contributed by atoms with Crippen molar-refractivity contribution in [1.29, 1.82) is 0 Å². The normalized spacial score (nSPS) is 12.5. The van der Waals surface area contributed by atoms with Crippen LogP contribution in [0, 0.1) is 0 Å².